The van der Waals surface area contributed by atoms with Crippen LogP contribution in [0, 0.1) is 11.3 Å². The molecule has 0 radical (unpaired) electrons. The number of hydrogen-bond donors (Lipinski definition) is 2. The molecule has 4 nitrogen and oxygen atoms in total. The predicted octanol–water partition coefficient (Wildman–Crippen LogP) is 0.564. The molecule has 1 heterocycles. The molecular formula is C12H24N4. The third-order valence-corrected chi connectivity index (χ3v) is 3.46. The Morgan fingerprint density at radius 1 is 1.31 bits per heavy atom. The van der Waals surface area contributed by atoms with Gasteiger partial charge in [0.25, 0.3) is 0 Å². The Kier molecular flexibility index (Phi) is 5.75. The first-order valence-electron chi connectivity index (χ1n) is 6.35. The van der Waals surface area contributed by atoms with E-state index in [1.165, 1.54) is 0 Å². The van der Waals surface area contributed by atoms with Crippen molar-refractivity contribution in [3.63, 3.8) is 0 Å². The van der Waals surface area contributed by atoms with Gasteiger partial charge in [0.05, 0.1) is 6.07 Å². The van der Waals surface area contributed by atoms with Gasteiger partial charge >= 0.3 is 0 Å². The van der Waals surface area contributed by atoms with Crippen LogP contribution in [0.5, 0.6) is 0 Å². The van der Waals surface area contributed by atoms with Crippen molar-refractivity contribution in [1.29, 1.82) is 5.26 Å². The average molecular weight is 224 g/mol. The molecule has 0 atom stereocenters. The fourth-order valence-electron chi connectivity index (χ4n) is 2.17. The minimum Gasteiger partial charge on any atom is -0.317 e. The van der Waals surface area contributed by atoms with Crippen molar-refractivity contribution in [3.05, 3.63) is 0 Å². The first-order valence-corrected chi connectivity index (χ1v) is 6.35. The third-order valence-electron chi connectivity index (χ3n) is 3.46. The minimum atomic E-state index is -0.279. The van der Waals surface area contributed by atoms with Crippen LogP contribution in [0.15, 0.2) is 0 Å². The monoisotopic (exact) mass is 224 g/mol. The number of rotatable bonds is 6. The lowest BCUT2D eigenvalue weighted by Crippen LogP contribution is -2.53. The summed E-state index contributed by atoms with van der Waals surface area (Å²) in [6.07, 6.45) is 1.84. The number of piperidine rings is 1. The summed E-state index contributed by atoms with van der Waals surface area (Å²) < 4.78 is 0. The van der Waals surface area contributed by atoms with Crippen LogP contribution in [0.25, 0.3) is 0 Å². The van der Waals surface area contributed by atoms with E-state index in [1.807, 2.05) is 0 Å². The molecule has 16 heavy (non-hydrogen) atoms. The number of nitrogens with zero attached hydrogens (tertiary/aromatic N) is 2. The Balaban J connectivity index is 2.31. The van der Waals surface area contributed by atoms with Gasteiger partial charge in [-0.3, -0.25) is 5.32 Å². The highest BCUT2D eigenvalue weighted by atomic mass is 15.1. The summed E-state index contributed by atoms with van der Waals surface area (Å²) in [7, 11) is 0. The zero-order valence-corrected chi connectivity index (χ0v) is 10.6. The standard InChI is InChI=1S/C12H24N4/c1-3-16(4-2)10-9-15-12(11-13)5-7-14-8-6-12/h14-15H,3-10H2,1-2H3. The average Bonchev–Trinajstić information content (AvgIpc) is 2.36. The van der Waals surface area contributed by atoms with Crippen LogP contribution in [0.4, 0.5) is 0 Å². The highest BCUT2D eigenvalue weighted by Crippen LogP contribution is 2.16. The summed E-state index contributed by atoms with van der Waals surface area (Å²) in [6.45, 7) is 10.4. The van der Waals surface area contributed by atoms with Crippen molar-refractivity contribution >= 4 is 0 Å². The van der Waals surface area contributed by atoms with Crippen LogP contribution >= 0.6 is 0 Å². The third kappa shape index (κ3) is 3.75. The predicted molar refractivity (Wildman–Crippen MR) is 66.2 cm³/mol. The highest BCUT2D eigenvalue weighted by Gasteiger charge is 2.30. The number of likely N-dealkylation sites (N-methyl/N-ethyl adjacent to an activating group) is 1. The Hall–Kier alpha value is -0.630. The molecule has 1 saturated heterocycles. The fourth-order valence-corrected chi connectivity index (χ4v) is 2.17. The summed E-state index contributed by atoms with van der Waals surface area (Å²) >= 11 is 0. The SMILES string of the molecule is CCN(CC)CCNC1(C#N)CCNCC1. The van der Waals surface area contributed by atoms with Gasteiger partial charge in [0.15, 0.2) is 0 Å². The van der Waals surface area contributed by atoms with E-state index in [9.17, 15) is 5.26 Å². The van der Waals surface area contributed by atoms with Gasteiger partial charge in [0.1, 0.15) is 5.54 Å². The Bertz CT molecular complexity index is 224. The second-order valence-electron chi connectivity index (χ2n) is 4.40. The molecule has 0 spiro atoms. The van der Waals surface area contributed by atoms with Gasteiger partial charge in [-0.15, -0.1) is 0 Å². The van der Waals surface area contributed by atoms with E-state index in [2.05, 4.69) is 35.5 Å². The molecule has 2 N–H and O–H groups in total. The van der Waals surface area contributed by atoms with Crippen molar-refractivity contribution < 1.29 is 0 Å². The van der Waals surface area contributed by atoms with Crippen molar-refractivity contribution in [2.45, 2.75) is 32.2 Å². The maximum atomic E-state index is 9.27. The van der Waals surface area contributed by atoms with Crippen molar-refractivity contribution in [2.75, 3.05) is 39.3 Å². The molecule has 0 aliphatic carbocycles. The summed E-state index contributed by atoms with van der Waals surface area (Å²) in [6, 6.07) is 2.46. The molecule has 1 fully saturated rings. The number of nitriles is 1. The zero-order valence-electron chi connectivity index (χ0n) is 10.6. The van der Waals surface area contributed by atoms with Crippen LogP contribution < -0.4 is 10.6 Å². The van der Waals surface area contributed by atoms with Gasteiger partial charge in [-0.2, -0.15) is 5.26 Å². The minimum absolute atomic E-state index is 0.279. The molecule has 92 valence electrons. The lowest BCUT2D eigenvalue weighted by Gasteiger charge is -2.33. The highest BCUT2D eigenvalue weighted by molar-refractivity contribution is 5.09. The van der Waals surface area contributed by atoms with E-state index in [4.69, 9.17) is 0 Å². The number of hydrogen-bond acceptors (Lipinski definition) is 4. The summed E-state index contributed by atoms with van der Waals surface area (Å²) in [5.41, 5.74) is -0.279. The zero-order chi connectivity index (χ0) is 11.9. The molecular weight excluding hydrogens is 200 g/mol. The van der Waals surface area contributed by atoms with Crippen molar-refractivity contribution in [2.24, 2.45) is 0 Å². The Labute approximate surface area is 99.0 Å². The maximum Gasteiger partial charge on any atom is 0.109 e. The van der Waals surface area contributed by atoms with E-state index >= 15 is 0 Å². The Morgan fingerprint density at radius 3 is 2.44 bits per heavy atom. The van der Waals surface area contributed by atoms with Crippen LogP contribution in [0.1, 0.15) is 26.7 Å². The second kappa shape index (κ2) is 6.85. The Morgan fingerprint density at radius 2 is 1.94 bits per heavy atom. The smallest absolute Gasteiger partial charge is 0.109 e. The van der Waals surface area contributed by atoms with E-state index in [1.54, 1.807) is 0 Å². The molecule has 1 aliphatic heterocycles. The van der Waals surface area contributed by atoms with Gasteiger partial charge in [0.2, 0.25) is 0 Å². The van der Waals surface area contributed by atoms with Gasteiger partial charge in [-0.25, -0.2) is 0 Å². The molecule has 0 amide bonds. The molecule has 0 aromatic rings. The van der Waals surface area contributed by atoms with Crippen LogP contribution in [0.3, 0.4) is 0 Å². The van der Waals surface area contributed by atoms with Gasteiger partial charge < -0.3 is 10.2 Å². The van der Waals surface area contributed by atoms with Gasteiger partial charge in [0, 0.05) is 13.1 Å². The summed E-state index contributed by atoms with van der Waals surface area (Å²) in [5, 5.41) is 16.0. The van der Waals surface area contributed by atoms with Gasteiger partial charge in [-0.1, -0.05) is 13.8 Å². The summed E-state index contributed by atoms with van der Waals surface area (Å²) in [5.74, 6) is 0. The molecule has 1 rings (SSSR count). The first kappa shape index (κ1) is 13.4. The topological polar surface area (TPSA) is 51.1 Å². The molecule has 4 heteroatoms. The van der Waals surface area contributed by atoms with Crippen LogP contribution in [-0.4, -0.2) is 49.7 Å². The lowest BCUT2D eigenvalue weighted by molar-refractivity contribution is 0.263. The van der Waals surface area contributed by atoms with E-state index < -0.39 is 0 Å². The molecule has 0 aromatic carbocycles. The molecule has 1 aliphatic rings. The molecule has 0 unspecified atom stereocenters. The number of nitrogens with one attached hydrogen (secondary N) is 2. The van der Waals surface area contributed by atoms with Crippen molar-refractivity contribution in [1.82, 2.24) is 15.5 Å². The van der Waals surface area contributed by atoms with E-state index in [-0.39, 0.29) is 5.54 Å². The van der Waals surface area contributed by atoms with Crippen molar-refractivity contribution in [3.8, 4) is 6.07 Å². The second-order valence-corrected chi connectivity index (χ2v) is 4.40. The van der Waals surface area contributed by atoms with E-state index in [0.29, 0.717) is 0 Å². The van der Waals surface area contributed by atoms with Crippen LogP contribution in [-0.2, 0) is 0 Å². The summed E-state index contributed by atoms with van der Waals surface area (Å²) in [4.78, 5) is 2.37. The largest absolute Gasteiger partial charge is 0.317 e. The maximum absolute atomic E-state index is 9.27. The van der Waals surface area contributed by atoms with E-state index in [0.717, 1.165) is 52.1 Å². The normalized spacial score (nSPS) is 19.6. The molecule has 0 saturated carbocycles. The molecule has 0 aromatic heterocycles. The lowest BCUT2D eigenvalue weighted by atomic mass is 9.90. The van der Waals surface area contributed by atoms with Crippen LogP contribution in [0.2, 0.25) is 0 Å². The van der Waals surface area contributed by atoms with Gasteiger partial charge in [-0.05, 0) is 39.0 Å². The fraction of sp³-hybridized carbons (Fsp3) is 0.917. The first-order chi connectivity index (χ1) is 7.76. The quantitative estimate of drug-likeness (QED) is 0.692. The molecule has 0 bridgehead atoms.